The van der Waals surface area contributed by atoms with Gasteiger partial charge in [-0.25, -0.2) is 12.6 Å². The number of para-hydroxylation sites is 1. The van der Waals surface area contributed by atoms with Crippen molar-refractivity contribution in [2.24, 2.45) is 0 Å². The van der Waals surface area contributed by atoms with Crippen molar-refractivity contribution >= 4 is 31.6 Å². The van der Waals surface area contributed by atoms with E-state index in [1.165, 1.54) is 12.3 Å². The van der Waals surface area contributed by atoms with Crippen molar-refractivity contribution in [2.45, 2.75) is 26.4 Å². The highest BCUT2D eigenvalue weighted by Gasteiger charge is 2.29. The number of hydrogen-bond donors (Lipinski definition) is 1. The first-order chi connectivity index (χ1) is 18.6. The van der Waals surface area contributed by atoms with Gasteiger partial charge in [-0.3, -0.25) is 9.52 Å². The molecule has 2 heterocycles. The summed E-state index contributed by atoms with van der Waals surface area (Å²) in [5, 5.41) is 0. The van der Waals surface area contributed by atoms with Crippen LogP contribution in [0.3, 0.4) is 0 Å². The van der Waals surface area contributed by atoms with Gasteiger partial charge >= 0.3 is 0 Å². The van der Waals surface area contributed by atoms with Crippen LogP contribution in [0.5, 0.6) is 17.2 Å². The van der Waals surface area contributed by atoms with E-state index in [2.05, 4.69) is 4.72 Å². The molecule has 204 valence electrons. The van der Waals surface area contributed by atoms with Crippen LogP contribution in [-0.2, 0) is 25.6 Å². The Hall–Kier alpha value is -3.63. The highest BCUT2D eigenvalue weighted by molar-refractivity contribution is 7.94. The van der Waals surface area contributed by atoms with Gasteiger partial charge < -0.3 is 14.2 Å². The molecule has 1 N–H and O–H groups in total. The highest BCUT2D eigenvalue weighted by atomic mass is 32.2. The Bertz CT molecular complexity index is 1570. The van der Waals surface area contributed by atoms with E-state index in [0.29, 0.717) is 41.6 Å². The Morgan fingerprint density at radius 1 is 1.05 bits per heavy atom. The Labute approximate surface area is 230 Å². The van der Waals surface area contributed by atoms with Crippen molar-refractivity contribution in [2.75, 3.05) is 25.2 Å². The van der Waals surface area contributed by atoms with Crippen LogP contribution >= 0.6 is 0 Å². The third kappa shape index (κ3) is 6.02. The van der Waals surface area contributed by atoms with E-state index in [9.17, 15) is 17.4 Å². The molecule has 2 atom stereocenters. The second-order valence-electron chi connectivity index (χ2n) is 9.67. The van der Waals surface area contributed by atoms with E-state index in [1.54, 1.807) is 24.3 Å². The number of rotatable bonds is 9. The number of ether oxygens (including phenoxy) is 3. The quantitative estimate of drug-likeness (QED) is 0.381. The highest BCUT2D eigenvalue weighted by Crippen LogP contribution is 2.45. The third-order valence-corrected chi connectivity index (χ3v) is 8.72. The van der Waals surface area contributed by atoms with E-state index in [4.69, 9.17) is 14.2 Å². The standard InChI is InChI=1S/C29H29NO7S2/c1-18-14-22(35-12-5-13-39(3,33)34)15-19(2)28(18)24-7-4-6-23-25(17-36-29(23)24)37-21-10-8-20(9-11-21)26-16-27(31)30-38(26)32/h4,6-11,14-16,25H,5,12-13,17H2,1-3H3,(H,30,31). The van der Waals surface area contributed by atoms with Crippen LogP contribution in [-0.4, -0.2) is 43.8 Å². The van der Waals surface area contributed by atoms with Gasteiger partial charge in [0.1, 0.15) is 33.7 Å². The molecule has 0 fully saturated rings. The van der Waals surface area contributed by atoms with Gasteiger partial charge in [-0.05, 0) is 66.8 Å². The second-order valence-corrected chi connectivity index (χ2v) is 13.1. The molecule has 0 saturated carbocycles. The fraction of sp³-hybridized carbons (Fsp3) is 0.276. The average molecular weight is 568 g/mol. The second kappa shape index (κ2) is 10.9. The summed E-state index contributed by atoms with van der Waals surface area (Å²) in [6.07, 6.45) is 2.71. The summed E-state index contributed by atoms with van der Waals surface area (Å²) < 4.78 is 55.3. The summed E-state index contributed by atoms with van der Waals surface area (Å²) in [6, 6.07) is 17.1. The maximum Gasteiger partial charge on any atom is 0.257 e. The molecule has 39 heavy (non-hydrogen) atoms. The number of carbonyl (C=O) groups excluding carboxylic acids is 1. The molecule has 0 saturated heterocycles. The number of sulfone groups is 1. The normalized spacial score (nSPS) is 18.2. The zero-order valence-corrected chi connectivity index (χ0v) is 23.5. The fourth-order valence-electron chi connectivity index (χ4n) is 4.86. The summed E-state index contributed by atoms with van der Waals surface area (Å²) in [7, 11) is -4.55. The molecule has 0 bridgehead atoms. The lowest BCUT2D eigenvalue weighted by molar-refractivity contribution is -0.114. The predicted octanol–water partition coefficient (Wildman–Crippen LogP) is 4.43. The molecule has 0 spiro atoms. The van der Waals surface area contributed by atoms with Crippen LogP contribution < -0.4 is 18.9 Å². The minimum atomic E-state index is -3.01. The molecular weight excluding hydrogens is 538 g/mol. The number of fused-ring (bicyclic) bond motifs is 1. The van der Waals surface area contributed by atoms with Gasteiger partial charge in [-0.2, -0.15) is 0 Å². The molecule has 2 unspecified atom stereocenters. The van der Waals surface area contributed by atoms with Crippen LogP contribution in [0.4, 0.5) is 0 Å². The molecule has 5 rings (SSSR count). The van der Waals surface area contributed by atoms with E-state index in [1.807, 2.05) is 44.2 Å². The first-order valence-electron chi connectivity index (χ1n) is 12.5. The lowest BCUT2D eigenvalue weighted by atomic mass is 9.93. The predicted molar refractivity (Wildman–Crippen MR) is 151 cm³/mol. The first kappa shape index (κ1) is 27.0. The van der Waals surface area contributed by atoms with Gasteiger partial charge in [0.15, 0.2) is 17.1 Å². The largest absolute Gasteiger partial charge is 0.494 e. The van der Waals surface area contributed by atoms with Crippen LogP contribution in [0, 0.1) is 13.8 Å². The van der Waals surface area contributed by atoms with Crippen molar-refractivity contribution in [3.05, 3.63) is 82.9 Å². The molecule has 1 amide bonds. The van der Waals surface area contributed by atoms with Gasteiger partial charge in [-0.15, -0.1) is 0 Å². The molecule has 3 aromatic carbocycles. The summed E-state index contributed by atoms with van der Waals surface area (Å²) in [6.45, 7) is 4.73. The monoisotopic (exact) mass is 567 g/mol. The summed E-state index contributed by atoms with van der Waals surface area (Å²) in [5.74, 6) is 1.86. The molecule has 0 radical (unpaired) electrons. The zero-order chi connectivity index (χ0) is 27.7. The number of amides is 1. The lowest BCUT2D eigenvalue weighted by Gasteiger charge is -2.16. The van der Waals surface area contributed by atoms with E-state index in [-0.39, 0.29) is 17.8 Å². The molecule has 0 aliphatic carbocycles. The van der Waals surface area contributed by atoms with Gasteiger partial charge in [0.25, 0.3) is 5.91 Å². The summed E-state index contributed by atoms with van der Waals surface area (Å²) >= 11 is 0. The number of hydrogen-bond acceptors (Lipinski definition) is 7. The topological polar surface area (TPSA) is 108 Å². The number of benzene rings is 3. The Morgan fingerprint density at radius 3 is 2.41 bits per heavy atom. The van der Waals surface area contributed by atoms with Crippen molar-refractivity contribution in [1.29, 1.82) is 0 Å². The van der Waals surface area contributed by atoms with Crippen LogP contribution in [0.1, 0.15) is 34.8 Å². The van der Waals surface area contributed by atoms with Crippen molar-refractivity contribution in [3.63, 3.8) is 0 Å². The van der Waals surface area contributed by atoms with Crippen molar-refractivity contribution in [1.82, 2.24) is 4.72 Å². The third-order valence-electron chi connectivity index (χ3n) is 6.55. The molecule has 0 aromatic heterocycles. The van der Waals surface area contributed by atoms with Gasteiger partial charge in [0.05, 0.1) is 17.3 Å². The molecule has 2 aliphatic heterocycles. The van der Waals surface area contributed by atoms with Crippen LogP contribution in [0.2, 0.25) is 0 Å². The molecule has 10 heteroatoms. The van der Waals surface area contributed by atoms with Crippen molar-refractivity contribution < 1.29 is 31.6 Å². The minimum absolute atomic E-state index is 0.0986. The Morgan fingerprint density at radius 2 is 1.77 bits per heavy atom. The zero-order valence-electron chi connectivity index (χ0n) is 21.9. The van der Waals surface area contributed by atoms with Gasteiger partial charge in [0.2, 0.25) is 0 Å². The Kier molecular flexibility index (Phi) is 7.51. The average Bonchev–Trinajstić information content (AvgIpc) is 3.44. The molecular formula is C29H29NO7S2. The molecule has 3 aromatic rings. The Balaban J connectivity index is 1.32. The summed E-state index contributed by atoms with van der Waals surface area (Å²) in [4.78, 5) is 11.9. The van der Waals surface area contributed by atoms with Crippen LogP contribution in [0.25, 0.3) is 16.0 Å². The smallest absolute Gasteiger partial charge is 0.257 e. The SMILES string of the molecule is Cc1cc(OCCCS(C)(=O)=O)cc(C)c1-c1cccc2c1OCC2Oc1ccc(C2=CC(=O)NS2=O)cc1. The fourth-order valence-corrected chi connectivity index (χ4v) is 6.41. The first-order valence-corrected chi connectivity index (χ1v) is 15.7. The van der Waals surface area contributed by atoms with Gasteiger partial charge in [-0.1, -0.05) is 30.3 Å². The lowest BCUT2D eigenvalue weighted by Crippen LogP contribution is -2.16. The van der Waals surface area contributed by atoms with Crippen LogP contribution in [0.15, 0.2) is 60.7 Å². The molecule has 2 aliphatic rings. The van der Waals surface area contributed by atoms with E-state index in [0.717, 1.165) is 33.6 Å². The minimum Gasteiger partial charge on any atom is -0.494 e. The maximum absolute atomic E-state index is 12.0. The number of aryl methyl sites for hydroxylation is 2. The number of nitrogens with one attached hydrogen (secondary N) is 1. The molecule has 8 nitrogen and oxygen atoms in total. The maximum atomic E-state index is 12.0. The number of carbonyl (C=O) groups is 1. The van der Waals surface area contributed by atoms with Crippen molar-refractivity contribution in [3.8, 4) is 28.4 Å². The van der Waals surface area contributed by atoms with Gasteiger partial charge in [0, 0.05) is 23.5 Å². The van der Waals surface area contributed by atoms with E-state index < -0.39 is 20.8 Å². The summed E-state index contributed by atoms with van der Waals surface area (Å²) in [5.41, 5.74) is 5.72. The van der Waals surface area contributed by atoms with E-state index >= 15 is 0 Å².